The number of carbonyl (C=O) groups is 1. The van der Waals surface area contributed by atoms with Crippen LogP contribution in [0, 0.1) is 13.8 Å². The molecule has 0 aliphatic heterocycles. The summed E-state index contributed by atoms with van der Waals surface area (Å²) in [6.07, 6.45) is 0. The van der Waals surface area contributed by atoms with Crippen LogP contribution in [-0.2, 0) is 10.0 Å². The summed E-state index contributed by atoms with van der Waals surface area (Å²) in [4.78, 5) is 14.7. The number of benzene rings is 3. The second kappa shape index (κ2) is 8.71. The van der Waals surface area contributed by atoms with E-state index in [0.29, 0.717) is 11.3 Å². The Morgan fingerprint density at radius 2 is 1.53 bits per heavy atom. The molecule has 0 fully saturated rings. The third-order valence-electron chi connectivity index (χ3n) is 5.36. The number of carbonyl (C=O) groups excluding carboxylic acids is 1. The highest BCUT2D eigenvalue weighted by atomic mass is 32.2. The zero-order valence-corrected chi connectivity index (χ0v) is 18.4. The number of anilines is 1. The van der Waals surface area contributed by atoms with E-state index < -0.39 is 10.0 Å². The molecule has 3 aromatic rings. The Kier molecular flexibility index (Phi) is 6.27. The fourth-order valence-electron chi connectivity index (χ4n) is 3.11. The first-order valence-corrected chi connectivity index (χ1v) is 11.2. The van der Waals surface area contributed by atoms with E-state index in [0.717, 1.165) is 16.7 Å². The van der Waals surface area contributed by atoms with Gasteiger partial charge in [-0.05, 0) is 73.9 Å². The molecule has 0 aromatic heterocycles. The summed E-state index contributed by atoms with van der Waals surface area (Å²) >= 11 is 0. The highest BCUT2D eigenvalue weighted by Crippen LogP contribution is 2.22. The summed E-state index contributed by atoms with van der Waals surface area (Å²) < 4.78 is 27.9. The van der Waals surface area contributed by atoms with Crippen LogP contribution >= 0.6 is 0 Å². The van der Waals surface area contributed by atoms with Gasteiger partial charge in [-0.1, -0.05) is 36.4 Å². The predicted octanol–water partition coefficient (Wildman–Crippen LogP) is 4.94. The zero-order valence-electron chi connectivity index (χ0n) is 17.6. The molecule has 156 valence electrons. The SMILES string of the molecule is Cc1ccc(S(=O)(=O)Nc2ccc(C(=O)N(C)C(C)c3ccccc3)cc2)cc1C. The van der Waals surface area contributed by atoms with Crippen LogP contribution in [0.25, 0.3) is 0 Å². The van der Waals surface area contributed by atoms with Crippen LogP contribution in [0.4, 0.5) is 5.69 Å². The van der Waals surface area contributed by atoms with Gasteiger partial charge in [0.2, 0.25) is 0 Å². The lowest BCUT2D eigenvalue weighted by Gasteiger charge is -2.25. The standard InChI is InChI=1S/C24H26N2O3S/c1-17-10-15-23(16-18(17)2)30(28,29)25-22-13-11-21(12-14-22)24(27)26(4)19(3)20-8-6-5-7-9-20/h5-16,19,25H,1-4H3. The van der Waals surface area contributed by atoms with Crippen molar-refractivity contribution in [2.24, 2.45) is 0 Å². The number of nitrogens with zero attached hydrogens (tertiary/aromatic N) is 1. The Hall–Kier alpha value is -3.12. The van der Waals surface area contributed by atoms with Crippen LogP contribution in [0.3, 0.4) is 0 Å². The second-order valence-corrected chi connectivity index (χ2v) is 9.11. The van der Waals surface area contributed by atoms with Gasteiger partial charge in [-0.25, -0.2) is 8.42 Å². The van der Waals surface area contributed by atoms with Gasteiger partial charge in [-0.3, -0.25) is 9.52 Å². The van der Waals surface area contributed by atoms with Crippen molar-refractivity contribution in [3.05, 3.63) is 95.1 Å². The quantitative estimate of drug-likeness (QED) is 0.612. The Bertz CT molecular complexity index is 1140. The fraction of sp³-hybridized carbons (Fsp3) is 0.208. The van der Waals surface area contributed by atoms with E-state index in [1.54, 1.807) is 54.4 Å². The van der Waals surface area contributed by atoms with Crippen molar-refractivity contribution in [1.29, 1.82) is 0 Å². The topological polar surface area (TPSA) is 66.5 Å². The van der Waals surface area contributed by atoms with E-state index >= 15 is 0 Å². The monoisotopic (exact) mass is 422 g/mol. The Morgan fingerprint density at radius 3 is 2.13 bits per heavy atom. The van der Waals surface area contributed by atoms with E-state index in [9.17, 15) is 13.2 Å². The van der Waals surface area contributed by atoms with E-state index in [-0.39, 0.29) is 16.8 Å². The van der Waals surface area contributed by atoms with Crippen molar-refractivity contribution in [2.45, 2.75) is 31.7 Å². The number of amides is 1. The molecule has 30 heavy (non-hydrogen) atoms. The molecule has 1 atom stereocenters. The molecule has 6 heteroatoms. The van der Waals surface area contributed by atoms with Crippen molar-refractivity contribution in [2.75, 3.05) is 11.8 Å². The van der Waals surface area contributed by atoms with E-state index in [4.69, 9.17) is 0 Å². The van der Waals surface area contributed by atoms with Crippen LogP contribution in [0.1, 0.15) is 40.0 Å². The van der Waals surface area contributed by atoms with Gasteiger partial charge in [0.1, 0.15) is 0 Å². The summed E-state index contributed by atoms with van der Waals surface area (Å²) in [6, 6.07) is 21.2. The number of sulfonamides is 1. The minimum Gasteiger partial charge on any atom is -0.335 e. The minimum atomic E-state index is -3.70. The molecule has 5 nitrogen and oxygen atoms in total. The van der Waals surface area contributed by atoms with Crippen molar-refractivity contribution in [1.82, 2.24) is 4.90 Å². The Labute approximate surface area is 178 Å². The van der Waals surface area contributed by atoms with Crippen molar-refractivity contribution >= 4 is 21.6 Å². The maximum absolute atomic E-state index is 12.8. The molecule has 0 saturated heterocycles. The molecular formula is C24H26N2O3S. The average Bonchev–Trinajstić information content (AvgIpc) is 2.75. The number of nitrogens with one attached hydrogen (secondary N) is 1. The zero-order chi connectivity index (χ0) is 21.9. The Morgan fingerprint density at radius 1 is 0.900 bits per heavy atom. The number of hydrogen-bond donors (Lipinski definition) is 1. The van der Waals surface area contributed by atoms with E-state index in [2.05, 4.69) is 4.72 Å². The highest BCUT2D eigenvalue weighted by molar-refractivity contribution is 7.92. The van der Waals surface area contributed by atoms with Crippen LogP contribution in [0.2, 0.25) is 0 Å². The fourth-order valence-corrected chi connectivity index (χ4v) is 4.25. The maximum atomic E-state index is 12.8. The maximum Gasteiger partial charge on any atom is 0.261 e. The molecule has 1 N–H and O–H groups in total. The molecule has 1 unspecified atom stereocenters. The molecule has 0 bridgehead atoms. The van der Waals surface area contributed by atoms with Gasteiger partial charge in [0.25, 0.3) is 15.9 Å². The van der Waals surface area contributed by atoms with Crippen molar-refractivity contribution in [3.8, 4) is 0 Å². The normalized spacial score (nSPS) is 12.3. The molecule has 0 saturated carbocycles. The minimum absolute atomic E-state index is 0.0818. The van der Waals surface area contributed by atoms with Gasteiger partial charge >= 0.3 is 0 Å². The lowest BCUT2D eigenvalue weighted by Crippen LogP contribution is -2.29. The third kappa shape index (κ3) is 4.71. The summed E-state index contributed by atoms with van der Waals surface area (Å²) in [5.41, 5.74) is 3.89. The summed E-state index contributed by atoms with van der Waals surface area (Å²) in [5, 5.41) is 0. The summed E-state index contributed by atoms with van der Waals surface area (Å²) in [6.45, 7) is 5.78. The summed E-state index contributed by atoms with van der Waals surface area (Å²) in [5.74, 6) is -0.130. The largest absolute Gasteiger partial charge is 0.335 e. The Balaban J connectivity index is 1.74. The molecule has 3 aromatic carbocycles. The molecule has 0 spiro atoms. The molecule has 1 amide bonds. The lowest BCUT2D eigenvalue weighted by atomic mass is 10.1. The van der Waals surface area contributed by atoms with Crippen LogP contribution in [0.5, 0.6) is 0 Å². The second-order valence-electron chi connectivity index (χ2n) is 7.43. The molecule has 0 aliphatic rings. The van der Waals surface area contributed by atoms with Crippen LogP contribution < -0.4 is 4.72 Å². The first-order valence-electron chi connectivity index (χ1n) is 9.71. The predicted molar refractivity (Wildman–Crippen MR) is 120 cm³/mol. The average molecular weight is 423 g/mol. The van der Waals surface area contributed by atoms with Crippen molar-refractivity contribution < 1.29 is 13.2 Å². The van der Waals surface area contributed by atoms with Gasteiger partial charge in [-0.15, -0.1) is 0 Å². The first kappa shape index (κ1) is 21.6. The highest BCUT2D eigenvalue weighted by Gasteiger charge is 2.19. The number of aryl methyl sites for hydroxylation is 2. The van der Waals surface area contributed by atoms with Crippen LogP contribution in [-0.4, -0.2) is 26.3 Å². The van der Waals surface area contributed by atoms with E-state index in [1.165, 1.54) is 0 Å². The number of rotatable bonds is 6. The number of hydrogen-bond acceptors (Lipinski definition) is 3. The molecule has 3 rings (SSSR count). The summed E-state index contributed by atoms with van der Waals surface area (Å²) in [7, 11) is -1.94. The third-order valence-corrected chi connectivity index (χ3v) is 6.73. The van der Waals surface area contributed by atoms with Gasteiger partial charge in [-0.2, -0.15) is 0 Å². The molecular weight excluding hydrogens is 396 g/mol. The molecule has 0 aliphatic carbocycles. The smallest absolute Gasteiger partial charge is 0.261 e. The van der Waals surface area contributed by atoms with Gasteiger partial charge in [0.05, 0.1) is 10.9 Å². The molecule has 0 radical (unpaired) electrons. The van der Waals surface area contributed by atoms with Gasteiger partial charge in [0.15, 0.2) is 0 Å². The van der Waals surface area contributed by atoms with Gasteiger partial charge in [0, 0.05) is 18.3 Å². The van der Waals surface area contributed by atoms with E-state index in [1.807, 2.05) is 51.1 Å². The molecule has 0 heterocycles. The lowest BCUT2D eigenvalue weighted by molar-refractivity contribution is 0.0742. The van der Waals surface area contributed by atoms with Crippen LogP contribution in [0.15, 0.2) is 77.7 Å². The van der Waals surface area contributed by atoms with Gasteiger partial charge < -0.3 is 4.90 Å². The first-order chi connectivity index (χ1) is 14.2. The van der Waals surface area contributed by atoms with Crippen molar-refractivity contribution in [3.63, 3.8) is 0 Å².